The molecule has 150 valence electrons. The van der Waals surface area contributed by atoms with Crippen LogP contribution in [0.15, 0.2) is 23.1 Å². The Morgan fingerprint density at radius 1 is 1.30 bits per heavy atom. The Bertz CT molecular complexity index is 793. The number of nitrogens with one attached hydrogen (secondary N) is 1. The summed E-state index contributed by atoms with van der Waals surface area (Å²) in [5, 5.41) is 3.54. The molecule has 0 unspecified atom stereocenters. The zero-order chi connectivity index (χ0) is 19.6. The molecule has 0 bridgehead atoms. The smallest absolute Gasteiger partial charge is 0.242 e. The monoisotopic (exact) mass is 411 g/mol. The molecule has 27 heavy (non-hydrogen) atoms. The summed E-state index contributed by atoms with van der Waals surface area (Å²) in [4.78, 5) is 15.2. The van der Waals surface area contributed by atoms with Crippen molar-refractivity contribution >= 4 is 33.4 Å². The number of nitrogens with zero attached hydrogens (tertiary/aromatic N) is 2. The molecular formula is C19H29N3O3S2. The van der Waals surface area contributed by atoms with Crippen LogP contribution in [-0.4, -0.2) is 67.8 Å². The number of anilines is 1. The molecule has 0 spiro atoms. The van der Waals surface area contributed by atoms with Gasteiger partial charge in [-0.2, -0.15) is 11.8 Å². The van der Waals surface area contributed by atoms with Crippen molar-refractivity contribution in [1.82, 2.24) is 9.21 Å². The Morgan fingerprint density at radius 2 is 2.04 bits per heavy atom. The molecule has 2 atom stereocenters. The predicted molar refractivity (Wildman–Crippen MR) is 111 cm³/mol. The normalized spacial score (nSPS) is 23.9. The number of carbonyl (C=O) groups is 1. The second kappa shape index (κ2) is 8.51. The Balaban J connectivity index is 1.69. The topological polar surface area (TPSA) is 69.7 Å². The van der Waals surface area contributed by atoms with E-state index in [9.17, 15) is 13.2 Å². The lowest BCUT2D eigenvalue weighted by molar-refractivity contribution is -0.118. The summed E-state index contributed by atoms with van der Waals surface area (Å²) in [5.74, 6) is 0.993. The number of rotatable bonds is 5. The lowest BCUT2D eigenvalue weighted by Gasteiger charge is -2.43. The van der Waals surface area contributed by atoms with Gasteiger partial charge in [0.1, 0.15) is 0 Å². The molecule has 1 amide bonds. The van der Waals surface area contributed by atoms with Crippen LogP contribution in [0.2, 0.25) is 0 Å². The molecule has 1 N–H and O–H groups in total. The Kier molecular flexibility index (Phi) is 6.50. The predicted octanol–water partition coefficient (Wildman–Crippen LogP) is 2.54. The van der Waals surface area contributed by atoms with Crippen LogP contribution in [0, 0.1) is 6.92 Å². The molecular weight excluding hydrogens is 382 g/mol. The average molecular weight is 412 g/mol. The molecule has 1 aliphatic heterocycles. The quantitative estimate of drug-likeness (QED) is 0.806. The number of hydrogen-bond donors (Lipinski definition) is 1. The summed E-state index contributed by atoms with van der Waals surface area (Å²) in [6.07, 6.45) is 4.95. The molecule has 1 heterocycles. The highest BCUT2D eigenvalue weighted by atomic mass is 32.2. The van der Waals surface area contributed by atoms with E-state index in [1.807, 2.05) is 11.8 Å². The molecule has 1 saturated carbocycles. The summed E-state index contributed by atoms with van der Waals surface area (Å²) in [6, 6.07) is 5.54. The van der Waals surface area contributed by atoms with E-state index in [4.69, 9.17) is 0 Å². The minimum atomic E-state index is -3.54. The van der Waals surface area contributed by atoms with Crippen LogP contribution in [0.5, 0.6) is 0 Å². The van der Waals surface area contributed by atoms with Gasteiger partial charge in [-0.15, -0.1) is 0 Å². The molecule has 2 fully saturated rings. The molecule has 1 aromatic rings. The van der Waals surface area contributed by atoms with Crippen LogP contribution in [0.25, 0.3) is 0 Å². The maximum Gasteiger partial charge on any atom is 0.242 e. The molecule has 8 heteroatoms. The van der Waals surface area contributed by atoms with E-state index in [1.165, 1.54) is 44.1 Å². The van der Waals surface area contributed by atoms with Crippen LogP contribution >= 0.6 is 11.8 Å². The van der Waals surface area contributed by atoms with E-state index in [-0.39, 0.29) is 10.8 Å². The number of fused-ring (bicyclic) bond motifs is 1. The van der Waals surface area contributed by atoms with Crippen molar-refractivity contribution in [2.75, 3.05) is 38.3 Å². The van der Waals surface area contributed by atoms with Gasteiger partial charge >= 0.3 is 0 Å². The molecule has 0 radical (unpaired) electrons. The molecule has 1 aliphatic carbocycles. The molecule has 1 aromatic carbocycles. The fourth-order valence-corrected chi connectivity index (χ4v) is 6.56. The Morgan fingerprint density at radius 3 is 2.78 bits per heavy atom. The zero-order valence-electron chi connectivity index (χ0n) is 16.3. The van der Waals surface area contributed by atoms with Gasteiger partial charge < -0.3 is 5.32 Å². The van der Waals surface area contributed by atoms with Crippen LogP contribution in [-0.2, 0) is 14.8 Å². The number of benzene rings is 1. The highest BCUT2D eigenvalue weighted by Crippen LogP contribution is 2.35. The molecule has 1 saturated heterocycles. The second-order valence-electron chi connectivity index (χ2n) is 7.55. The van der Waals surface area contributed by atoms with Crippen LogP contribution in [0.1, 0.15) is 31.2 Å². The highest BCUT2D eigenvalue weighted by molar-refractivity contribution is 8.00. The number of aryl methyl sites for hydroxylation is 1. The van der Waals surface area contributed by atoms with Crippen molar-refractivity contribution in [2.45, 2.75) is 48.8 Å². The van der Waals surface area contributed by atoms with Crippen LogP contribution < -0.4 is 5.32 Å². The fourth-order valence-electron chi connectivity index (χ4n) is 3.91. The third-order valence-corrected chi connectivity index (χ3v) is 8.78. The lowest BCUT2D eigenvalue weighted by Crippen LogP contribution is -2.51. The van der Waals surface area contributed by atoms with E-state index < -0.39 is 10.0 Å². The third kappa shape index (κ3) is 4.67. The summed E-state index contributed by atoms with van der Waals surface area (Å²) < 4.78 is 26.1. The first-order valence-corrected chi connectivity index (χ1v) is 12.0. The first-order chi connectivity index (χ1) is 12.8. The molecule has 2 aliphatic rings. The van der Waals surface area contributed by atoms with Crippen LogP contribution in [0.3, 0.4) is 0 Å². The van der Waals surface area contributed by atoms with Crippen molar-refractivity contribution in [3.8, 4) is 0 Å². The van der Waals surface area contributed by atoms with Gasteiger partial charge in [0.05, 0.1) is 11.4 Å². The van der Waals surface area contributed by atoms with E-state index in [2.05, 4.69) is 10.2 Å². The second-order valence-corrected chi connectivity index (χ2v) is 11.0. The number of thioether (sulfide) groups is 1. The standard InChI is InChI=1S/C19H29N3O3S2/c1-14-8-9-15(12-18(14)27(24,25)21(2)3)20-19(23)13-22-10-11-26-17-7-5-4-6-16(17)22/h8-9,12,16-17H,4-7,10-11,13H2,1-3H3,(H,20,23)/t16-,17-/m1/s1. The van der Waals surface area contributed by atoms with Crippen molar-refractivity contribution in [2.24, 2.45) is 0 Å². The van der Waals surface area contributed by atoms with E-state index in [1.54, 1.807) is 25.1 Å². The van der Waals surface area contributed by atoms with Crippen molar-refractivity contribution in [3.63, 3.8) is 0 Å². The van der Waals surface area contributed by atoms with Crippen molar-refractivity contribution in [3.05, 3.63) is 23.8 Å². The average Bonchev–Trinajstić information content (AvgIpc) is 2.63. The van der Waals surface area contributed by atoms with E-state index in [0.717, 1.165) is 12.3 Å². The van der Waals surface area contributed by atoms with Gasteiger partial charge in [0.2, 0.25) is 15.9 Å². The molecule has 6 nitrogen and oxygen atoms in total. The lowest BCUT2D eigenvalue weighted by atomic mass is 9.93. The van der Waals surface area contributed by atoms with Gasteiger partial charge in [0.25, 0.3) is 0 Å². The maximum absolute atomic E-state index is 12.6. The summed E-state index contributed by atoms with van der Waals surface area (Å²) in [6.45, 7) is 3.06. The van der Waals surface area contributed by atoms with Crippen LogP contribution in [0.4, 0.5) is 5.69 Å². The molecule has 0 aromatic heterocycles. The van der Waals surface area contributed by atoms with Crippen molar-refractivity contribution < 1.29 is 13.2 Å². The summed E-state index contributed by atoms with van der Waals surface area (Å²) in [7, 11) is -0.522. The van der Waals surface area contributed by atoms with Gasteiger partial charge in [0, 0.05) is 43.4 Å². The van der Waals surface area contributed by atoms with E-state index >= 15 is 0 Å². The zero-order valence-corrected chi connectivity index (χ0v) is 17.9. The minimum absolute atomic E-state index is 0.0803. The number of hydrogen-bond acceptors (Lipinski definition) is 5. The van der Waals surface area contributed by atoms with Gasteiger partial charge in [-0.3, -0.25) is 9.69 Å². The first-order valence-electron chi connectivity index (χ1n) is 9.48. The summed E-state index contributed by atoms with van der Waals surface area (Å²) >= 11 is 2.05. The van der Waals surface area contributed by atoms with Crippen molar-refractivity contribution in [1.29, 1.82) is 0 Å². The SMILES string of the molecule is Cc1ccc(NC(=O)CN2CCS[C@@H]3CCCC[C@H]32)cc1S(=O)(=O)N(C)C. The van der Waals surface area contributed by atoms with Gasteiger partial charge in [-0.05, 0) is 37.5 Å². The first kappa shape index (κ1) is 20.6. The summed E-state index contributed by atoms with van der Waals surface area (Å²) in [5.41, 5.74) is 1.19. The fraction of sp³-hybridized carbons (Fsp3) is 0.632. The third-order valence-electron chi connectivity index (χ3n) is 5.42. The number of amides is 1. The Hall–Kier alpha value is -1.09. The number of sulfonamides is 1. The Labute approximate surface area is 166 Å². The van der Waals surface area contributed by atoms with E-state index in [0.29, 0.717) is 29.1 Å². The molecule has 3 rings (SSSR count). The largest absolute Gasteiger partial charge is 0.325 e. The number of carbonyl (C=O) groups excluding carboxylic acids is 1. The highest BCUT2D eigenvalue weighted by Gasteiger charge is 2.34. The van der Waals surface area contributed by atoms with Gasteiger partial charge in [-0.1, -0.05) is 18.9 Å². The maximum atomic E-state index is 12.6. The van der Waals surface area contributed by atoms with Gasteiger partial charge in [-0.25, -0.2) is 12.7 Å². The van der Waals surface area contributed by atoms with Gasteiger partial charge in [0.15, 0.2) is 0 Å². The minimum Gasteiger partial charge on any atom is -0.325 e.